The van der Waals surface area contributed by atoms with Crippen LogP contribution in [-0.4, -0.2) is 24.9 Å². The molecule has 0 heterocycles. The first-order chi connectivity index (χ1) is 9.65. The number of amides is 2. The molecule has 0 saturated carbocycles. The molecule has 0 atom stereocenters. The van der Waals surface area contributed by atoms with Gasteiger partial charge in [-0.25, -0.2) is 0 Å². The molecule has 0 aliphatic heterocycles. The SMILES string of the molecule is CCCCCCNC(=O)CNC(=O)c1ccccc1I. The van der Waals surface area contributed by atoms with Crippen LogP contribution in [0.2, 0.25) is 0 Å². The molecule has 0 aliphatic carbocycles. The van der Waals surface area contributed by atoms with Crippen LogP contribution in [0.25, 0.3) is 0 Å². The third-order valence-electron chi connectivity index (χ3n) is 2.88. The highest BCUT2D eigenvalue weighted by Crippen LogP contribution is 2.10. The summed E-state index contributed by atoms with van der Waals surface area (Å²) in [6.07, 6.45) is 4.49. The lowest BCUT2D eigenvalue weighted by molar-refractivity contribution is -0.120. The molecule has 20 heavy (non-hydrogen) atoms. The molecule has 1 aromatic rings. The minimum absolute atomic E-state index is 0.0254. The second kappa shape index (κ2) is 9.74. The molecule has 110 valence electrons. The van der Waals surface area contributed by atoms with Gasteiger partial charge < -0.3 is 10.6 Å². The fourth-order valence-electron chi connectivity index (χ4n) is 1.74. The Morgan fingerprint density at radius 2 is 1.85 bits per heavy atom. The van der Waals surface area contributed by atoms with Crippen molar-refractivity contribution in [2.24, 2.45) is 0 Å². The van der Waals surface area contributed by atoms with E-state index >= 15 is 0 Å². The van der Waals surface area contributed by atoms with Crippen molar-refractivity contribution in [3.8, 4) is 0 Å². The summed E-state index contributed by atoms with van der Waals surface area (Å²) in [4.78, 5) is 23.5. The van der Waals surface area contributed by atoms with Crippen LogP contribution in [0.3, 0.4) is 0 Å². The summed E-state index contributed by atoms with van der Waals surface area (Å²) in [7, 11) is 0. The number of halogens is 1. The van der Waals surface area contributed by atoms with E-state index in [9.17, 15) is 9.59 Å². The van der Waals surface area contributed by atoms with Crippen molar-refractivity contribution in [2.75, 3.05) is 13.1 Å². The Bertz CT molecular complexity index is 449. The van der Waals surface area contributed by atoms with Crippen molar-refractivity contribution in [1.29, 1.82) is 0 Å². The Labute approximate surface area is 133 Å². The quantitative estimate of drug-likeness (QED) is 0.532. The van der Waals surface area contributed by atoms with Crippen molar-refractivity contribution in [3.63, 3.8) is 0 Å². The van der Waals surface area contributed by atoms with Crippen molar-refractivity contribution in [1.82, 2.24) is 10.6 Å². The highest BCUT2D eigenvalue weighted by atomic mass is 127. The van der Waals surface area contributed by atoms with Gasteiger partial charge in [-0.15, -0.1) is 0 Å². The maximum atomic E-state index is 11.9. The Kier molecular flexibility index (Phi) is 8.25. The van der Waals surface area contributed by atoms with Crippen LogP contribution in [-0.2, 0) is 4.79 Å². The van der Waals surface area contributed by atoms with Crippen molar-refractivity contribution >= 4 is 34.4 Å². The lowest BCUT2D eigenvalue weighted by atomic mass is 10.2. The molecule has 0 radical (unpaired) electrons. The molecule has 0 aliphatic rings. The lowest BCUT2D eigenvalue weighted by Crippen LogP contribution is -2.37. The molecule has 4 nitrogen and oxygen atoms in total. The third kappa shape index (κ3) is 6.36. The van der Waals surface area contributed by atoms with E-state index in [2.05, 4.69) is 40.1 Å². The van der Waals surface area contributed by atoms with Crippen molar-refractivity contribution in [2.45, 2.75) is 32.6 Å². The summed E-state index contributed by atoms with van der Waals surface area (Å²) in [6.45, 7) is 2.86. The Hall–Kier alpha value is -1.11. The summed E-state index contributed by atoms with van der Waals surface area (Å²) in [6, 6.07) is 7.30. The van der Waals surface area contributed by atoms with Crippen LogP contribution < -0.4 is 10.6 Å². The van der Waals surface area contributed by atoms with Gasteiger partial charge in [-0.1, -0.05) is 38.3 Å². The Balaban J connectivity index is 2.24. The summed E-state index contributed by atoms with van der Waals surface area (Å²) in [5.41, 5.74) is 0.601. The monoisotopic (exact) mass is 388 g/mol. The van der Waals surface area contributed by atoms with Gasteiger partial charge >= 0.3 is 0 Å². The molecular weight excluding hydrogens is 367 g/mol. The van der Waals surface area contributed by atoms with E-state index in [0.29, 0.717) is 12.1 Å². The molecule has 2 N–H and O–H groups in total. The van der Waals surface area contributed by atoms with Crippen LogP contribution in [0.5, 0.6) is 0 Å². The maximum absolute atomic E-state index is 11.9. The minimum Gasteiger partial charge on any atom is -0.355 e. The Morgan fingerprint density at radius 1 is 1.10 bits per heavy atom. The number of rotatable bonds is 8. The third-order valence-corrected chi connectivity index (χ3v) is 3.82. The number of nitrogens with one attached hydrogen (secondary N) is 2. The van der Waals surface area contributed by atoms with Gasteiger partial charge in [-0.05, 0) is 41.1 Å². The maximum Gasteiger partial charge on any atom is 0.252 e. The number of carbonyl (C=O) groups excluding carboxylic acids is 2. The predicted octanol–water partition coefficient (Wildman–Crippen LogP) is 2.72. The molecule has 0 aromatic heterocycles. The molecule has 1 aromatic carbocycles. The van der Waals surface area contributed by atoms with Gasteiger partial charge in [0, 0.05) is 10.1 Å². The molecule has 0 bridgehead atoms. The zero-order chi connectivity index (χ0) is 14.8. The largest absolute Gasteiger partial charge is 0.355 e. The first kappa shape index (κ1) is 16.9. The average molecular weight is 388 g/mol. The predicted molar refractivity (Wildman–Crippen MR) is 88.6 cm³/mol. The summed E-state index contributed by atoms with van der Waals surface area (Å²) in [5, 5.41) is 5.44. The summed E-state index contributed by atoms with van der Waals surface area (Å²) >= 11 is 2.11. The van der Waals surface area contributed by atoms with Gasteiger partial charge in [0.2, 0.25) is 5.91 Å². The van der Waals surface area contributed by atoms with Gasteiger partial charge in [0.25, 0.3) is 5.91 Å². The topological polar surface area (TPSA) is 58.2 Å². The number of carbonyl (C=O) groups is 2. The average Bonchev–Trinajstić information content (AvgIpc) is 2.45. The van der Waals surface area contributed by atoms with Crippen LogP contribution in [0.4, 0.5) is 0 Å². The van der Waals surface area contributed by atoms with Gasteiger partial charge in [0.1, 0.15) is 0 Å². The standard InChI is InChI=1S/C15H21IN2O2/c1-2-3-4-7-10-17-14(19)11-18-15(20)12-8-5-6-9-13(12)16/h5-6,8-9H,2-4,7,10-11H2,1H3,(H,17,19)(H,18,20). The molecule has 1 rings (SSSR count). The highest BCUT2D eigenvalue weighted by molar-refractivity contribution is 14.1. The van der Waals surface area contributed by atoms with E-state index in [1.54, 1.807) is 6.07 Å². The number of benzene rings is 1. The fourth-order valence-corrected chi connectivity index (χ4v) is 2.38. The van der Waals surface area contributed by atoms with Crippen molar-refractivity contribution < 1.29 is 9.59 Å². The zero-order valence-corrected chi connectivity index (χ0v) is 13.9. The summed E-state index contributed by atoms with van der Waals surface area (Å²) < 4.78 is 0.877. The minimum atomic E-state index is -0.212. The van der Waals surface area contributed by atoms with Crippen LogP contribution in [0, 0.1) is 3.57 Å². The normalized spacial score (nSPS) is 10.1. The van der Waals surface area contributed by atoms with E-state index < -0.39 is 0 Å². The van der Waals surface area contributed by atoms with E-state index in [-0.39, 0.29) is 18.4 Å². The number of unbranched alkanes of at least 4 members (excludes halogenated alkanes) is 3. The van der Waals surface area contributed by atoms with Crippen LogP contribution in [0.1, 0.15) is 43.0 Å². The molecule has 5 heteroatoms. The van der Waals surface area contributed by atoms with Gasteiger partial charge in [-0.2, -0.15) is 0 Å². The van der Waals surface area contributed by atoms with Crippen LogP contribution in [0.15, 0.2) is 24.3 Å². The Morgan fingerprint density at radius 3 is 2.55 bits per heavy atom. The first-order valence-electron chi connectivity index (χ1n) is 6.94. The van der Waals surface area contributed by atoms with Gasteiger partial charge in [0.15, 0.2) is 0 Å². The van der Waals surface area contributed by atoms with Crippen LogP contribution >= 0.6 is 22.6 Å². The summed E-state index contributed by atoms with van der Waals surface area (Å²) in [5.74, 6) is -0.350. The van der Waals surface area contributed by atoms with Gasteiger partial charge in [-0.3, -0.25) is 9.59 Å². The van der Waals surface area contributed by atoms with Crippen molar-refractivity contribution in [3.05, 3.63) is 33.4 Å². The second-order valence-electron chi connectivity index (χ2n) is 4.57. The molecule has 0 fully saturated rings. The lowest BCUT2D eigenvalue weighted by Gasteiger charge is -2.07. The van der Waals surface area contributed by atoms with Gasteiger partial charge in [0.05, 0.1) is 12.1 Å². The molecule has 0 spiro atoms. The van der Waals surface area contributed by atoms with E-state index in [1.165, 1.54) is 12.8 Å². The molecular formula is C15H21IN2O2. The van der Waals surface area contributed by atoms with E-state index in [0.717, 1.165) is 16.4 Å². The fraction of sp³-hybridized carbons (Fsp3) is 0.467. The second-order valence-corrected chi connectivity index (χ2v) is 5.74. The molecule has 0 saturated heterocycles. The zero-order valence-electron chi connectivity index (χ0n) is 11.7. The number of hydrogen-bond donors (Lipinski definition) is 2. The smallest absolute Gasteiger partial charge is 0.252 e. The molecule has 2 amide bonds. The highest BCUT2D eigenvalue weighted by Gasteiger charge is 2.10. The first-order valence-corrected chi connectivity index (χ1v) is 8.02. The van der Waals surface area contributed by atoms with E-state index in [4.69, 9.17) is 0 Å². The number of hydrogen-bond acceptors (Lipinski definition) is 2. The van der Waals surface area contributed by atoms with E-state index in [1.807, 2.05) is 18.2 Å². The molecule has 0 unspecified atom stereocenters.